The van der Waals surface area contributed by atoms with Crippen LogP contribution in [0.5, 0.6) is 0 Å². The minimum absolute atomic E-state index is 0.206. The van der Waals surface area contributed by atoms with E-state index in [0.717, 1.165) is 64.2 Å². The first-order valence-corrected chi connectivity index (χ1v) is 19.2. The van der Waals surface area contributed by atoms with Crippen LogP contribution in [0.4, 0.5) is 0 Å². The van der Waals surface area contributed by atoms with E-state index in [1.807, 2.05) is 21.1 Å². The topological polar surface area (TPSA) is 102 Å². The molecule has 8 nitrogen and oxygen atoms in total. The van der Waals surface area contributed by atoms with Gasteiger partial charge in [-0.1, -0.05) is 131 Å². The molecule has 2 atom stereocenters. The molecule has 0 spiro atoms. The second-order valence-corrected chi connectivity index (χ2v) is 13.7. The molecule has 0 saturated heterocycles. The molecular weight excluding hydrogens is 630 g/mol. The number of esters is 1. The maximum atomic E-state index is 12.0. The van der Waals surface area contributed by atoms with Crippen molar-refractivity contribution in [1.29, 1.82) is 0 Å². The van der Waals surface area contributed by atoms with Crippen molar-refractivity contribution in [3.05, 3.63) is 72.9 Å². The fourth-order valence-electron chi connectivity index (χ4n) is 4.72. The lowest BCUT2D eigenvalue weighted by molar-refractivity contribution is -0.870. The van der Waals surface area contributed by atoms with Crippen LogP contribution in [-0.4, -0.2) is 86.5 Å². The van der Waals surface area contributed by atoms with E-state index in [4.69, 9.17) is 14.2 Å². The van der Waals surface area contributed by atoms with Crippen LogP contribution in [0.1, 0.15) is 122 Å². The summed E-state index contributed by atoms with van der Waals surface area (Å²) in [5, 5.41) is 19.2. The first-order valence-electron chi connectivity index (χ1n) is 19.2. The van der Waals surface area contributed by atoms with E-state index in [1.165, 1.54) is 44.9 Å². The number of quaternary nitrogens is 1. The zero-order valence-corrected chi connectivity index (χ0v) is 32.0. The van der Waals surface area contributed by atoms with Gasteiger partial charge in [0.15, 0.2) is 0 Å². The van der Waals surface area contributed by atoms with Crippen LogP contribution in [0.25, 0.3) is 0 Å². The number of hydrogen-bond acceptors (Lipinski definition) is 6. The third kappa shape index (κ3) is 36.5. The maximum absolute atomic E-state index is 12.0. The van der Waals surface area contributed by atoms with Gasteiger partial charge in [0.1, 0.15) is 19.3 Å². The number of unbranched alkanes of at least 4 members (excludes halogenated alkanes) is 10. The molecule has 0 heterocycles. The highest BCUT2D eigenvalue weighted by Crippen LogP contribution is 2.13. The van der Waals surface area contributed by atoms with Crippen molar-refractivity contribution in [3.63, 3.8) is 0 Å². The molecule has 2 unspecified atom stereocenters. The van der Waals surface area contributed by atoms with Gasteiger partial charge < -0.3 is 28.9 Å². The van der Waals surface area contributed by atoms with Gasteiger partial charge in [0, 0.05) is 6.42 Å². The highest BCUT2D eigenvalue weighted by molar-refractivity contribution is 5.70. The number of nitrogens with zero attached hydrogens (tertiary/aromatic N) is 1. The number of likely N-dealkylation sites (N-methyl/N-ethyl adjacent to an activating group) is 1. The van der Waals surface area contributed by atoms with Gasteiger partial charge in [-0.2, -0.15) is 0 Å². The van der Waals surface area contributed by atoms with Crippen molar-refractivity contribution in [1.82, 2.24) is 0 Å². The fourth-order valence-corrected chi connectivity index (χ4v) is 4.72. The van der Waals surface area contributed by atoms with Crippen molar-refractivity contribution >= 4 is 11.9 Å². The number of ether oxygens (including phenoxy) is 3. The summed E-state index contributed by atoms with van der Waals surface area (Å²) in [5.41, 5.74) is 0. The lowest BCUT2D eigenvalue weighted by Gasteiger charge is -2.24. The Morgan fingerprint density at radius 3 is 1.50 bits per heavy atom. The van der Waals surface area contributed by atoms with Crippen molar-refractivity contribution < 1.29 is 38.5 Å². The Labute approximate surface area is 305 Å². The summed E-state index contributed by atoms with van der Waals surface area (Å²) >= 11 is 0. The first kappa shape index (κ1) is 47.2. The molecule has 8 heteroatoms. The van der Waals surface area contributed by atoms with Gasteiger partial charge in [-0.05, 0) is 57.8 Å². The lowest BCUT2D eigenvalue weighted by atomic mass is 10.1. The largest absolute Gasteiger partial charge is 0.477 e. The quantitative estimate of drug-likeness (QED) is 0.0227. The molecule has 0 aromatic carbocycles. The number of aliphatic hydroxyl groups is 1. The molecular formula is C42H72NO7+. The van der Waals surface area contributed by atoms with Crippen LogP contribution in [0.3, 0.4) is 0 Å². The Morgan fingerprint density at radius 2 is 1.04 bits per heavy atom. The Morgan fingerprint density at radius 1 is 0.600 bits per heavy atom. The van der Waals surface area contributed by atoms with E-state index in [2.05, 4.69) is 79.8 Å². The smallest absolute Gasteiger partial charge is 0.361 e. The van der Waals surface area contributed by atoms with Crippen LogP contribution in [0, 0.1) is 0 Å². The molecule has 0 fully saturated rings. The van der Waals surface area contributed by atoms with Crippen LogP contribution in [0.2, 0.25) is 0 Å². The maximum Gasteiger partial charge on any atom is 0.361 e. The monoisotopic (exact) mass is 703 g/mol. The van der Waals surface area contributed by atoms with Crippen LogP contribution in [-0.2, 0) is 23.8 Å². The number of carbonyl (C=O) groups is 2. The normalized spacial score (nSPS) is 14.0. The van der Waals surface area contributed by atoms with Gasteiger partial charge in [0.05, 0.1) is 34.4 Å². The molecule has 50 heavy (non-hydrogen) atoms. The minimum Gasteiger partial charge on any atom is -0.477 e. The molecule has 0 aliphatic rings. The summed E-state index contributed by atoms with van der Waals surface area (Å²) in [5.74, 6) is -1.62. The Balaban J connectivity index is 3.57. The standard InChI is InChI=1S/C42H71NO7/c1-5-6-7-8-9-10-11-12-13-14-15-16-17-18-19-20-21-22-23-24-25-26-27-28-29-30-31-32-33-34-40(45)49-37-39(44)38-50-42(41(46)47)48-36-35-43(2,3)4/h6-7,9-10,12-13,15-16,18-19,21-22,39,42,44H,5,8,11,14,17,20,23-38H2,1-4H3/p+1/b7-6-,10-9-,13-12-,16-15-,19-18-,22-21-. The van der Waals surface area contributed by atoms with Crippen molar-refractivity contribution in [2.24, 2.45) is 0 Å². The Hall–Kier alpha value is -2.78. The molecule has 2 N–H and O–H groups in total. The summed E-state index contributed by atoms with van der Waals surface area (Å²) in [6.07, 6.45) is 43.6. The highest BCUT2D eigenvalue weighted by atomic mass is 16.7. The van der Waals surface area contributed by atoms with Gasteiger partial charge in [-0.3, -0.25) is 4.79 Å². The highest BCUT2D eigenvalue weighted by Gasteiger charge is 2.22. The van der Waals surface area contributed by atoms with Crippen LogP contribution < -0.4 is 0 Å². The molecule has 0 aromatic rings. The molecule has 0 saturated carbocycles. The number of hydrogen-bond donors (Lipinski definition) is 2. The molecule has 0 aliphatic heterocycles. The van der Waals surface area contributed by atoms with Gasteiger partial charge in [0.25, 0.3) is 6.29 Å². The number of allylic oxidation sites excluding steroid dienone is 12. The Bertz CT molecular complexity index is 991. The zero-order valence-electron chi connectivity index (χ0n) is 32.0. The van der Waals surface area contributed by atoms with Gasteiger partial charge in [0.2, 0.25) is 0 Å². The number of carboxylic acid groups (broad SMARTS) is 1. The SMILES string of the molecule is CC/C=C\C/C=C\C/C=C\C/C=C\C/C=C\C/C=C\CCCCCCCCCCCCC(=O)OCC(O)COC(OCC[N+](C)(C)C)C(=O)O. The first-order chi connectivity index (χ1) is 24.2. The summed E-state index contributed by atoms with van der Waals surface area (Å²) < 4.78 is 16.1. The third-order valence-electron chi connectivity index (χ3n) is 7.71. The molecule has 0 aromatic heterocycles. The fraction of sp³-hybridized carbons (Fsp3) is 0.667. The van der Waals surface area contributed by atoms with E-state index >= 15 is 0 Å². The third-order valence-corrected chi connectivity index (χ3v) is 7.71. The Kier molecular flexibility index (Phi) is 32.7. The van der Waals surface area contributed by atoms with E-state index < -0.39 is 18.4 Å². The lowest BCUT2D eigenvalue weighted by Crippen LogP contribution is -2.40. The van der Waals surface area contributed by atoms with Crippen LogP contribution >= 0.6 is 0 Å². The van der Waals surface area contributed by atoms with Crippen LogP contribution in [0.15, 0.2) is 72.9 Å². The minimum atomic E-state index is -1.47. The molecule has 0 radical (unpaired) electrons. The average molecular weight is 703 g/mol. The molecule has 286 valence electrons. The van der Waals surface area contributed by atoms with Gasteiger partial charge >= 0.3 is 11.9 Å². The number of carboxylic acids is 1. The second-order valence-electron chi connectivity index (χ2n) is 13.7. The second kappa shape index (κ2) is 34.7. The summed E-state index contributed by atoms with van der Waals surface area (Å²) in [4.78, 5) is 23.3. The molecule has 0 bridgehead atoms. The van der Waals surface area contributed by atoms with E-state index in [-0.39, 0.29) is 25.8 Å². The number of rotatable bonds is 34. The van der Waals surface area contributed by atoms with Gasteiger partial charge in [-0.15, -0.1) is 0 Å². The molecule has 0 rings (SSSR count). The number of aliphatic carboxylic acids is 1. The molecule has 0 aliphatic carbocycles. The summed E-state index contributed by atoms with van der Waals surface area (Å²) in [7, 11) is 5.91. The van der Waals surface area contributed by atoms with E-state index in [0.29, 0.717) is 17.4 Å². The van der Waals surface area contributed by atoms with Crippen molar-refractivity contribution in [3.8, 4) is 0 Å². The average Bonchev–Trinajstić information content (AvgIpc) is 3.07. The zero-order chi connectivity index (χ0) is 37.0. The molecule has 0 amide bonds. The van der Waals surface area contributed by atoms with E-state index in [9.17, 15) is 19.8 Å². The predicted octanol–water partition coefficient (Wildman–Crippen LogP) is 9.42. The van der Waals surface area contributed by atoms with Gasteiger partial charge in [-0.25, -0.2) is 4.79 Å². The van der Waals surface area contributed by atoms with E-state index in [1.54, 1.807) is 0 Å². The predicted molar refractivity (Wildman–Crippen MR) is 207 cm³/mol. The summed E-state index contributed by atoms with van der Waals surface area (Å²) in [6.45, 7) is 2.45. The summed E-state index contributed by atoms with van der Waals surface area (Å²) in [6, 6.07) is 0. The number of carbonyl (C=O) groups excluding carboxylic acids is 1. The number of aliphatic hydroxyl groups excluding tert-OH is 1. The van der Waals surface area contributed by atoms with Crippen molar-refractivity contribution in [2.45, 2.75) is 135 Å². The van der Waals surface area contributed by atoms with Crippen molar-refractivity contribution in [2.75, 3.05) is 47.5 Å².